The second-order valence-corrected chi connectivity index (χ2v) is 4.02. The minimum absolute atomic E-state index is 0.0742. The summed E-state index contributed by atoms with van der Waals surface area (Å²) in [5.41, 5.74) is 7.10. The van der Waals surface area contributed by atoms with Crippen molar-refractivity contribution in [3.8, 4) is 5.69 Å². The molecular formula is C13H17N5. The Kier molecular flexibility index (Phi) is 3.41. The van der Waals surface area contributed by atoms with Crippen molar-refractivity contribution in [3.05, 3.63) is 41.5 Å². The molecule has 1 heterocycles. The Morgan fingerprint density at radius 1 is 1.22 bits per heavy atom. The number of nitrogens with zero attached hydrogens (tertiary/aromatic N) is 3. The molecule has 0 amide bonds. The first-order valence-corrected chi connectivity index (χ1v) is 6.05. The third-order valence-electron chi connectivity index (χ3n) is 2.77. The molecule has 0 unspecified atom stereocenters. The van der Waals surface area contributed by atoms with Gasteiger partial charge in [0.05, 0.1) is 5.69 Å². The van der Waals surface area contributed by atoms with Gasteiger partial charge in [0.2, 0.25) is 0 Å². The van der Waals surface area contributed by atoms with Crippen LogP contribution in [-0.2, 0) is 12.8 Å². The van der Waals surface area contributed by atoms with Crippen LogP contribution in [0.15, 0.2) is 24.3 Å². The molecule has 0 radical (unpaired) electrons. The van der Waals surface area contributed by atoms with Gasteiger partial charge in [-0.1, -0.05) is 13.8 Å². The number of amidine groups is 1. The van der Waals surface area contributed by atoms with Gasteiger partial charge in [0, 0.05) is 18.4 Å². The van der Waals surface area contributed by atoms with Crippen LogP contribution in [0.4, 0.5) is 0 Å². The Labute approximate surface area is 106 Å². The van der Waals surface area contributed by atoms with Crippen molar-refractivity contribution < 1.29 is 0 Å². The van der Waals surface area contributed by atoms with Crippen molar-refractivity contribution in [3.63, 3.8) is 0 Å². The molecule has 0 spiro atoms. The van der Waals surface area contributed by atoms with Gasteiger partial charge in [-0.05, 0) is 24.3 Å². The molecule has 5 nitrogen and oxygen atoms in total. The van der Waals surface area contributed by atoms with Crippen LogP contribution in [-0.4, -0.2) is 20.6 Å². The zero-order chi connectivity index (χ0) is 13.1. The molecule has 0 aliphatic carbocycles. The zero-order valence-corrected chi connectivity index (χ0v) is 10.6. The first kappa shape index (κ1) is 12.3. The smallest absolute Gasteiger partial charge is 0.151 e. The van der Waals surface area contributed by atoms with Crippen LogP contribution >= 0.6 is 0 Å². The summed E-state index contributed by atoms with van der Waals surface area (Å²) in [4.78, 5) is 4.47. The fourth-order valence-corrected chi connectivity index (χ4v) is 1.76. The number of aryl methyl sites for hydroxylation is 2. The van der Waals surface area contributed by atoms with Gasteiger partial charge in [-0.3, -0.25) is 5.41 Å². The number of hydrogen-bond donors (Lipinski definition) is 2. The second-order valence-electron chi connectivity index (χ2n) is 4.02. The van der Waals surface area contributed by atoms with Crippen molar-refractivity contribution >= 4 is 5.84 Å². The predicted molar refractivity (Wildman–Crippen MR) is 71.1 cm³/mol. The number of benzene rings is 1. The molecule has 1 aromatic carbocycles. The van der Waals surface area contributed by atoms with E-state index < -0.39 is 0 Å². The van der Waals surface area contributed by atoms with E-state index in [0.29, 0.717) is 5.56 Å². The molecule has 0 aliphatic heterocycles. The summed E-state index contributed by atoms with van der Waals surface area (Å²) in [5.74, 6) is 1.87. The number of nitrogens with one attached hydrogen (secondary N) is 1. The van der Waals surface area contributed by atoms with Crippen LogP contribution in [0.1, 0.15) is 31.1 Å². The van der Waals surface area contributed by atoms with Gasteiger partial charge in [-0.25, -0.2) is 9.67 Å². The maximum atomic E-state index is 7.37. The van der Waals surface area contributed by atoms with E-state index in [1.165, 1.54) is 0 Å². The Morgan fingerprint density at radius 3 is 2.39 bits per heavy atom. The van der Waals surface area contributed by atoms with Crippen LogP contribution < -0.4 is 5.73 Å². The molecule has 0 fully saturated rings. The molecule has 0 atom stereocenters. The quantitative estimate of drug-likeness (QED) is 0.633. The van der Waals surface area contributed by atoms with Crippen molar-refractivity contribution in [2.45, 2.75) is 26.7 Å². The van der Waals surface area contributed by atoms with Crippen molar-refractivity contribution in [1.29, 1.82) is 5.41 Å². The molecule has 2 rings (SSSR count). The topological polar surface area (TPSA) is 80.6 Å². The van der Waals surface area contributed by atoms with E-state index >= 15 is 0 Å². The van der Waals surface area contributed by atoms with Crippen molar-refractivity contribution in [1.82, 2.24) is 14.8 Å². The van der Waals surface area contributed by atoms with Crippen LogP contribution in [0, 0.1) is 5.41 Å². The molecule has 2 aromatic rings. The molecule has 0 aliphatic rings. The van der Waals surface area contributed by atoms with Gasteiger partial charge in [0.15, 0.2) is 5.82 Å². The van der Waals surface area contributed by atoms with E-state index in [-0.39, 0.29) is 5.84 Å². The normalized spacial score (nSPS) is 10.6. The maximum Gasteiger partial charge on any atom is 0.151 e. The number of rotatable bonds is 4. The van der Waals surface area contributed by atoms with E-state index in [1.54, 1.807) is 0 Å². The Balaban J connectivity index is 2.41. The van der Waals surface area contributed by atoms with E-state index in [2.05, 4.69) is 17.0 Å². The summed E-state index contributed by atoms with van der Waals surface area (Å²) in [5, 5.41) is 11.8. The largest absolute Gasteiger partial charge is 0.384 e. The van der Waals surface area contributed by atoms with Crippen LogP contribution in [0.5, 0.6) is 0 Å². The van der Waals surface area contributed by atoms with Gasteiger partial charge >= 0.3 is 0 Å². The molecular weight excluding hydrogens is 226 g/mol. The van der Waals surface area contributed by atoms with Gasteiger partial charge in [-0.2, -0.15) is 5.10 Å². The van der Waals surface area contributed by atoms with E-state index in [0.717, 1.165) is 30.2 Å². The van der Waals surface area contributed by atoms with Crippen molar-refractivity contribution in [2.24, 2.45) is 5.73 Å². The summed E-state index contributed by atoms with van der Waals surface area (Å²) in [6.45, 7) is 4.10. The number of nitrogens with two attached hydrogens (primary N) is 1. The van der Waals surface area contributed by atoms with Gasteiger partial charge < -0.3 is 5.73 Å². The number of nitrogen functional groups attached to an aromatic ring is 1. The minimum Gasteiger partial charge on any atom is -0.384 e. The van der Waals surface area contributed by atoms with Gasteiger partial charge in [0.25, 0.3) is 0 Å². The van der Waals surface area contributed by atoms with Crippen LogP contribution in [0.3, 0.4) is 0 Å². The highest BCUT2D eigenvalue weighted by Crippen LogP contribution is 2.12. The second kappa shape index (κ2) is 5.00. The summed E-state index contributed by atoms with van der Waals surface area (Å²) in [7, 11) is 0. The first-order valence-electron chi connectivity index (χ1n) is 6.05. The summed E-state index contributed by atoms with van der Waals surface area (Å²) >= 11 is 0. The van der Waals surface area contributed by atoms with Crippen molar-refractivity contribution in [2.75, 3.05) is 0 Å². The predicted octanol–water partition coefficient (Wildman–Crippen LogP) is 1.68. The molecule has 0 bridgehead atoms. The Bertz CT molecular complexity index is 553. The fourth-order valence-electron chi connectivity index (χ4n) is 1.76. The fraction of sp³-hybridized carbons (Fsp3) is 0.308. The minimum atomic E-state index is 0.0742. The third-order valence-corrected chi connectivity index (χ3v) is 2.77. The summed E-state index contributed by atoms with van der Waals surface area (Å²) in [6.07, 6.45) is 1.66. The molecule has 94 valence electrons. The number of aromatic nitrogens is 3. The zero-order valence-electron chi connectivity index (χ0n) is 10.6. The van der Waals surface area contributed by atoms with Gasteiger partial charge in [0.1, 0.15) is 11.7 Å². The summed E-state index contributed by atoms with van der Waals surface area (Å²) < 4.78 is 1.85. The lowest BCUT2D eigenvalue weighted by atomic mass is 10.2. The Hall–Kier alpha value is -2.17. The maximum absolute atomic E-state index is 7.37. The highest BCUT2D eigenvalue weighted by atomic mass is 15.3. The standard InChI is InChI=1S/C13H17N5/c1-3-11-16-12(4-2)18(17-11)10-7-5-9(6-8-10)13(14)15/h5-8H,3-4H2,1-2H3,(H3,14,15). The third kappa shape index (κ3) is 2.25. The first-order chi connectivity index (χ1) is 8.65. The molecule has 1 aromatic heterocycles. The molecule has 0 saturated heterocycles. The molecule has 5 heteroatoms. The Morgan fingerprint density at radius 2 is 1.89 bits per heavy atom. The monoisotopic (exact) mass is 243 g/mol. The van der Waals surface area contributed by atoms with E-state index in [1.807, 2.05) is 35.9 Å². The number of hydrogen-bond acceptors (Lipinski definition) is 3. The highest BCUT2D eigenvalue weighted by Gasteiger charge is 2.09. The van der Waals surface area contributed by atoms with Crippen LogP contribution in [0.2, 0.25) is 0 Å². The average molecular weight is 243 g/mol. The lowest BCUT2D eigenvalue weighted by Gasteiger charge is -2.05. The lowest BCUT2D eigenvalue weighted by Crippen LogP contribution is -2.11. The molecule has 0 saturated carbocycles. The average Bonchev–Trinajstić information content (AvgIpc) is 2.82. The molecule has 3 N–H and O–H groups in total. The van der Waals surface area contributed by atoms with Crippen LogP contribution in [0.25, 0.3) is 5.69 Å². The van der Waals surface area contributed by atoms with Gasteiger partial charge in [-0.15, -0.1) is 0 Å². The SMILES string of the molecule is CCc1nc(CC)n(-c2ccc(C(=N)N)cc2)n1. The highest BCUT2D eigenvalue weighted by molar-refractivity contribution is 5.95. The molecule has 18 heavy (non-hydrogen) atoms. The lowest BCUT2D eigenvalue weighted by molar-refractivity contribution is 0.791. The summed E-state index contributed by atoms with van der Waals surface area (Å²) in [6, 6.07) is 7.46. The van der Waals surface area contributed by atoms with E-state index in [9.17, 15) is 0 Å². The van der Waals surface area contributed by atoms with E-state index in [4.69, 9.17) is 11.1 Å².